The summed E-state index contributed by atoms with van der Waals surface area (Å²) in [5, 5.41) is 3.14. The summed E-state index contributed by atoms with van der Waals surface area (Å²) in [5.74, 6) is 0.0204. The summed E-state index contributed by atoms with van der Waals surface area (Å²) in [5.41, 5.74) is 0.966. The molecule has 18 heavy (non-hydrogen) atoms. The largest absolute Gasteiger partial charge is 0.363 e. The Hall–Kier alpha value is -1.39. The van der Waals surface area contributed by atoms with Crippen LogP contribution in [0.2, 0.25) is 0 Å². The van der Waals surface area contributed by atoms with Crippen molar-refractivity contribution in [3.8, 4) is 0 Å². The van der Waals surface area contributed by atoms with Crippen LogP contribution in [0.15, 0.2) is 30.3 Å². The molecule has 1 aromatic carbocycles. The third-order valence-electron chi connectivity index (χ3n) is 3.23. The van der Waals surface area contributed by atoms with Crippen molar-refractivity contribution < 1.29 is 9.53 Å². The van der Waals surface area contributed by atoms with E-state index in [1.54, 1.807) is 11.9 Å². The van der Waals surface area contributed by atoms with Crippen molar-refractivity contribution >= 4 is 5.91 Å². The van der Waals surface area contributed by atoms with Gasteiger partial charge in [0.1, 0.15) is 6.61 Å². The van der Waals surface area contributed by atoms with E-state index >= 15 is 0 Å². The van der Waals surface area contributed by atoms with Crippen LogP contribution in [0, 0.1) is 0 Å². The number of carbonyl (C=O) groups excluding carboxylic acids is 1. The summed E-state index contributed by atoms with van der Waals surface area (Å²) < 4.78 is 5.63. The van der Waals surface area contributed by atoms with E-state index in [9.17, 15) is 4.79 Å². The van der Waals surface area contributed by atoms with Gasteiger partial charge in [0.05, 0.1) is 5.60 Å². The van der Waals surface area contributed by atoms with E-state index in [0.717, 1.165) is 18.7 Å². The molecule has 1 heterocycles. The summed E-state index contributed by atoms with van der Waals surface area (Å²) >= 11 is 0. The number of hydrogen-bond acceptors (Lipinski definition) is 3. The summed E-state index contributed by atoms with van der Waals surface area (Å²) in [7, 11) is 1.81. The number of benzene rings is 1. The zero-order valence-electron chi connectivity index (χ0n) is 11.0. The zero-order valence-corrected chi connectivity index (χ0v) is 11.0. The van der Waals surface area contributed by atoms with Gasteiger partial charge in [-0.1, -0.05) is 30.3 Å². The lowest BCUT2D eigenvalue weighted by molar-refractivity contribution is -0.145. The molecule has 1 amide bonds. The number of ether oxygens (including phenoxy) is 1. The van der Waals surface area contributed by atoms with Gasteiger partial charge in [-0.25, -0.2) is 0 Å². The first kappa shape index (κ1) is 13.1. The second-order valence-corrected chi connectivity index (χ2v) is 5.08. The monoisotopic (exact) mass is 248 g/mol. The molecule has 4 nitrogen and oxygen atoms in total. The molecular weight excluding hydrogens is 228 g/mol. The topological polar surface area (TPSA) is 41.6 Å². The molecule has 4 heteroatoms. The van der Waals surface area contributed by atoms with Gasteiger partial charge in [0.2, 0.25) is 5.91 Å². The lowest BCUT2D eigenvalue weighted by atomic mass is 10.0. The first-order valence-corrected chi connectivity index (χ1v) is 6.22. The van der Waals surface area contributed by atoms with Crippen LogP contribution >= 0.6 is 0 Å². The Morgan fingerprint density at radius 1 is 1.39 bits per heavy atom. The molecule has 1 aromatic rings. The van der Waals surface area contributed by atoms with Crippen LogP contribution in [-0.4, -0.2) is 43.2 Å². The molecule has 0 bridgehead atoms. The van der Waals surface area contributed by atoms with Gasteiger partial charge in [-0.05, 0) is 12.5 Å². The molecule has 2 rings (SSSR count). The van der Waals surface area contributed by atoms with Gasteiger partial charge < -0.3 is 15.0 Å². The molecule has 1 aliphatic heterocycles. The lowest BCUT2D eigenvalue weighted by Gasteiger charge is -2.39. The van der Waals surface area contributed by atoms with E-state index in [0.29, 0.717) is 6.54 Å². The van der Waals surface area contributed by atoms with Crippen LogP contribution in [0.5, 0.6) is 0 Å². The number of nitrogens with zero attached hydrogens (tertiary/aromatic N) is 1. The smallest absolute Gasteiger partial charge is 0.248 e. The summed E-state index contributed by atoms with van der Waals surface area (Å²) in [4.78, 5) is 13.6. The summed E-state index contributed by atoms with van der Waals surface area (Å²) in [6, 6.07) is 9.96. The minimum atomic E-state index is -0.163. The molecule has 0 aromatic heterocycles. The van der Waals surface area contributed by atoms with Gasteiger partial charge in [0, 0.05) is 26.7 Å². The molecule has 0 saturated carbocycles. The molecule has 0 spiro atoms. The highest BCUT2D eigenvalue weighted by atomic mass is 16.5. The third kappa shape index (κ3) is 3.31. The molecule has 1 N–H and O–H groups in total. The highest BCUT2D eigenvalue weighted by molar-refractivity contribution is 5.77. The predicted molar refractivity (Wildman–Crippen MR) is 70.1 cm³/mol. The summed E-state index contributed by atoms with van der Waals surface area (Å²) in [6.07, 6.45) is 0. The van der Waals surface area contributed by atoms with Gasteiger partial charge >= 0.3 is 0 Å². The number of nitrogens with one attached hydrogen (secondary N) is 1. The minimum Gasteiger partial charge on any atom is -0.363 e. The van der Waals surface area contributed by atoms with E-state index in [1.165, 1.54) is 0 Å². The second-order valence-electron chi connectivity index (χ2n) is 5.08. The molecule has 1 aliphatic rings. The van der Waals surface area contributed by atoms with Crippen molar-refractivity contribution in [3.63, 3.8) is 0 Å². The number of hydrogen-bond donors (Lipinski definition) is 1. The number of carbonyl (C=O) groups is 1. The Morgan fingerprint density at radius 3 is 2.61 bits per heavy atom. The van der Waals surface area contributed by atoms with E-state index in [4.69, 9.17) is 4.74 Å². The fraction of sp³-hybridized carbons (Fsp3) is 0.500. The van der Waals surface area contributed by atoms with Crippen molar-refractivity contribution in [1.29, 1.82) is 0 Å². The molecular formula is C14H20N2O2. The van der Waals surface area contributed by atoms with Crippen molar-refractivity contribution in [2.45, 2.75) is 19.1 Å². The Bertz CT molecular complexity index is 402. The predicted octanol–water partition coefficient (Wildman–Crippen LogP) is 1.02. The van der Waals surface area contributed by atoms with E-state index in [1.807, 2.05) is 37.3 Å². The molecule has 0 unspecified atom stereocenters. The maximum absolute atomic E-state index is 11.9. The highest BCUT2D eigenvalue weighted by Gasteiger charge is 2.33. The number of likely N-dealkylation sites (N-methyl/N-ethyl adjacent to an activating group) is 1. The van der Waals surface area contributed by atoms with Crippen LogP contribution in [0.4, 0.5) is 0 Å². The third-order valence-corrected chi connectivity index (χ3v) is 3.23. The number of amides is 1. The maximum atomic E-state index is 11.9. The average molecular weight is 248 g/mol. The Morgan fingerprint density at radius 2 is 2.06 bits per heavy atom. The quantitative estimate of drug-likeness (QED) is 0.846. The SMILES string of the molecule is CN(Cc1ccccc1)C(=O)COC1(C)CNC1. The normalized spacial score (nSPS) is 17.0. The Balaban J connectivity index is 1.78. The van der Waals surface area contributed by atoms with Gasteiger partial charge in [-0.3, -0.25) is 4.79 Å². The van der Waals surface area contributed by atoms with E-state index in [2.05, 4.69) is 5.32 Å². The minimum absolute atomic E-state index is 0.0204. The van der Waals surface area contributed by atoms with Gasteiger partial charge in [-0.2, -0.15) is 0 Å². The zero-order chi connectivity index (χ0) is 13.0. The van der Waals surface area contributed by atoms with Crippen LogP contribution in [0.3, 0.4) is 0 Å². The number of rotatable bonds is 5. The fourth-order valence-electron chi connectivity index (χ4n) is 1.87. The maximum Gasteiger partial charge on any atom is 0.248 e. The van der Waals surface area contributed by atoms with Crippen LogP contribution in [0.1, 0.15) is 12.5 Å². The Kier molecular flexibility index (Phi) is 3.99. The van der Waals surface area contributed by atoms with Crippen molar-refractivity contribution in [1.82, 2.24) is 10.2 Å². The summed E-state index contributed by atoms with van der Waals surface area (Å²) in [6.45, 7) is 4.44. The standard InChI is InChI=1S/C14H20N2O2/c1-14(10-15-11-14)18-9-13(17)16(2)8-12-6-4-3-5-7-12/h3-7,15H,8-11H2,1-2H3. The van der Waals surface area contributed by atoms with Gasteiger partial charge in [-0.15, -0.1) is 0 Å². The second kappa shape index (κ2) is 5.50. The molecule has 0 radical (unpaired) electrons. The van der Waals surface area contributed by atoms with Crippen molar-refractivity contribution in [2.24, 2.45) is 0 Å². The van der Waals surface area contributed by atoms with Gasteiger partial charge in [0.15, 0.2) is 0 Å². The molecule has 0 atom stereocenters. The molecule has 1 fully saturated rings. The molecule has 98 valence electrons. The van der Waals surface area contributed by atoms with Gasteiger partial charge in [0.25, 0.3) is 0 Å². The van der Waals surface area contributed by atoms with E-state index in [-0.39, 0.29) is 18.1 Å². The molecule has 0 aliphatic carbocycles. The first-order valence-electron chi connectivity index (χ1n) is 6.22. The van der Waals surface area contributed by atoms with Crippen molar-refractivity contribution in [2.75, 3.05) is 26.7 Å². The fourth-order valence-corrected chi connectivity index (χ4v) is 1.87. The molecule has 1 saturated heterocycles. The van der Waals surface area contributed by atoms with Crippen LogP contribution < -0.4 is 5.32 Å². The lowest BCUT2D eigenvalue weighted by Crippen LogP contribution is -2.59. The Labute approximate surface area is 108 Å². The average Bonchev–Trinajstić information content (AvgIpc) is 2.34. The highest BCUT2D eigenvalue weighted by Crippen LogP contribution is 2.15. The van der Waals surface area contributed by atoms with E-state index < -0.39 is 0 Å². The van der Waals surface area contributed by atoms with Crippen molar-refractivity contribution in [3.05, 3.63) is 35.9 Å². The van der Waals surface area contributed by atoms with Crippen LogP contribution in [0.25, 0.3) is 0 Å². The van der Waals surface area contributed by atoms with Crippen LogP contribution in [-0.2, 0) is 16.1 Å². The first-order chi connectivity index (χ1) is 8.59.